The van der Waals surface area contributed by atoms with Crippen molar-refractivity contribution >= 4 is 5.91 Å². The lowest BCUT2D eigenvalue weighted by atomic mass is 10.1. The first-order valence-electron chi connectivity index (χ1n) is 8.25. The van der Waals surface area contributed by atoms with Crippen LogP contribution in [0.4, 0.5) is 0 Å². The standard InChI is InChI=1S/C18H28N2O3/c1-19(2)12-13-20(14-8-5-6-9-14)18(21)15-10-7-11-16(22-3)17(15)23-4/h7,10-11,14H,5-6,8-9,12-13H2,1-4H3. The number of para-hydroxylation sites is 1. The van der Waals surface area contributed by atoms with Gasteiger partial charge in [-0.3, -0.25) is 4.79 Å². The van der Waals surface area contributed by atoms with E-state index >= 15 is 0 Å². The number of hydrogen-bond donors (Lipinski definition) is 0. The zero-order chi connectivity index (χ0) is 16.8. The number of nitrogens with zero attached hydrogens (tertiary/aromatic N) is 2. The van der Waals surface area contributed by atoms with Crippen LogP contribution in [-0.2, 0) is 0 Å². The molecule has 23 heavy (non-hydrogen) atoms. The van der Waals surface area contributed by atoms with Gasteiger partial charge in [0.2, 0.25) is 0 Å². The molecule has 0 unspecified atom stereocenters. The van der Waals surface area contributed by atoms with Crippen LogP contribution in [0.25, 0.3) is 0 Å². The molecule has 0 N–H and O–H groups in total. The Bertz CT molecular complexity index is 525. The Balaban J connectivity index is 2.29. The molecule has 1 aromatic carbocycles. The average molecular weight is 320 g/mol. The molecular formula is C18H28N2O3. The van der Waals surface area contributed by atoms with Crippen molar-refractivity contribution in [3.8, 4) is 11.5 Å². The van der Waals surface area contributed by atoms with Crippen LogP contribution in [0.2, 0.25) is 0 Å². The van der Waals surface area contributed by atoms with E-state index in [1.165, 1.54) is 12.8 Å². The van der Waals surface area contributed by atoms with E-state index in [-0.39, 0.29) is 5.91 Å². The zero-order valence-electron chi connectivity index (χ0n) is 14.7. The van der Waals surface area contributed by atoms with Gasteiger partial charge < -0.3 is 19.3 Å². The van der Waals surface area contributed by atoms with Gasteiger partial charge in [0.05, 0.1) is 19.8 Å². The van der Waals surface area contributed by atoms with E-state index in [0.717, 1.165) is 25.9 Å². The first kappa shape index (κ1) is 17.6. The highest BCUT2D eigenvalue weighted by Gasteiger charge is 2.29. The topological polar surface area (TPSA) is 42.0 Å². The molecule has 0 aromatic heterocycles. The number of carbonyl (C=O) groups is 1. The van der Waals surface area contributed by atoms with Gasteiger partial charge in [0.1, 0.15) is 0 Å². The fourth-order valence-electron chi connectivity index (χ4n) is 3.18. The van der Waals surface area contributed by atoms with Gasteiger partial charge in [-0.2, -0.15) is 0 Å². The minimum atomic E-state index is 0.0366. The Morgan fingerprint density at radius 2 is 1.83 bits per heavy atom. The summed E-state index contributed by atoms with van der Waals surface area (Å²) >= 11 is 0. The maximum Gasteiger partial charge on any atom is 0.258 e. The highest BCUT2D eigenvalue weighted by Crippen LogP contribution is 2.33. The molecule has 0 radical (unpaired) electrons. The molecule has 1 fully saturated rings. The van der Waals surface area contributed by atoms with Crippen molar-refractivity contribution in [2.45, 2.75) is 31.7 Å². The second-order valence-electron chi connectivity index (χ2n) is 6.28. The van der Waals surface area contributed by atoms with Crippen LogP contribution in [0.1, 0.15) is 36.0 Å². The van der Waals surface area contributed by atoms with E-state index in [1.807, 2.05) is 37.2 Å². The van der Waals surface area contributed by atoms with Crippen molar-refractivity contribution in [3.63, 3.8) is 0 Å². The van der Waals surface area contributed by atoms with Gasteiger partial charge >= 0.3 is 0 Å². The smallest absolute Gasteiger partial charge is 0.258 e. The molecule has 2 rings (SSSR count). The summed E-state index contributed by atoms with van der Waals surface area (Å²) in [4.78, 5) is 17.3. The number of likely N-dealkylation sites (N-methyl/N-ethyl adjacent to an activating group) is 1. The molecule has 5 heteroatoms. The Morgan fingerprint density at radius 3 is 2.39 bits per heavy atom. The molecule has 0 aliphatic heterocycles. The molecule has 0 spiro atoms. The maximum atomic E-state index is 13.2. The van der Waals surface area contributed by atoms with E-state index < -0.39 is 0 Å². The Kier molecular flexibility index (Phi) is 6.28. The first-order chi connectivity index (χ1) is 11.1. The van der Waals surface area contributed by atoms with E-state index in [9.17, 15) is 4.79 Å². The van der Waals surface area contributed by atoms with Gasteiger partial charge in [-0.1, -0.05) is 18.9 Å². The molecule has 5 nitrogen and oxygen atoms in total. The minimum Gasteiger partial charge on any atom is -0.493 e. The van der Waals surface area contributed by atoms with E-state index in [4.69, 9.17) is 9.47 Å². The van der Waals surface area contributed by atoms with Crippen LogP contribution in [0.15, 0.2) is 18.2 Å². The molecule has 128 valence electrons. The second kappa shape index (κ2) is 8.20. The van der Waals surface area contributed by atoms with Crippen molar-refractivity contribution in [1.29, 1.82) is 0 Å². The van der Waals surface area contributed by atoms with Crippen molar-refractivity contribution in [3.05, 3.63) is 23.8 Å². The Labute approximate surface area is 139 Å². The fourth-order valence-corrected chi connectivity index (χ4v) is 3.18. The molecule has 1 aliphatic carbocycles. The lowest BCUT2D eigenvalue weighted by Crippen LogP contribution is -2.42. The molecule has 1 aliphatic rings. The normalized spacial score (nSPS) is 15.0. The zero-order valence-corrected chi connectivity index (χ0v) is 14.7. The average Bonchev–Trinajstić information content (AvgIpc) is 3.07. The number of amides is 1. The van der Waals surface area contributed by atoms with E-state index in [0.29, 0.717) is 23.1 Å². The lowest BCUT2D eigenvalue weighted by molar-refractivity contribution is 0.0663. The van der Waals surface area contributed by atoms with Crippen molar-refractivity contribution in [2.24, 2.45) is 0 Å². The van der Waals surface area contributed by atoms with Crippen LogP contribution in [0.3, 0.4) is 0 Å². The third-order valence-electron chi connectivity index (χ3n) is 4.45. The second-order valence-corrected chi connectivity index (χ2v) is 6.28. The molecule has 1 saturated carbocycles. The molecule has 1 amide bonds. The molecule has 0 heterocycles. The van der Waals surface area contributed by atoms with Crippen LogP contribution in [0.5, 0.6) is 11.5 Å². The summed E-state index contributed by atoms with van der Waals surface area (Å²) in [5.41, 5.74) is 0.581. The molecule has 0 bridgehead atoms. The molecule has 0 atom stereocenters. The van der Waals surface area contributed by atoms with Crippen LogP contribution in [-0.4, -0.2) is 63.2 Å². The predicted octanol–water partition coefficient (Wildman–Crippen LogP) is 2.65. The number of ether oxygens (including phenoxy) is 2. The summed E-state index contributed by atoms with van der Waals surface area (Å²) < 4.78 is 10.8. The molecule has 1 aromatic rings. The highest BCUT2D eigenvalue weighted by atomic mass is 16.5. The maximum absolute atomic E-state index is 13.2. The number of carbonyl (C=O) groups excluding carboxylic acids is 1. The summed E-state index contributed by atoms with van der Waals surface area (Å²) in [6.07, 6.45) is 4.58. The third-order valence-corrected chi connectivity index (χ3v) is 4.45. The quantitative estimate of drug-likeness (QED) is 0.774. The van der Waals surface area contributed by atoms with Gasteiger partial charge in [-0.05, 0) is 39.1 Å². The van der Waals surface area contributed by atoms with Gasteiger partial charge in [0, 0.05) is 19.1 Å². The van der Waals surface area contributed by atoms with Gasteiger partial charge in [-0.15, -0.1) is 0 Å². The molecule has 0 saturated heterocycles. The van der Waals surface area contributed by atoms with Crippen molar-refractivity contribution in [1.82, 2.24) is 9.80 Å². The molecular weight excluding hydrogens is 292 g/mol. The number of methoxy groups -OCH3 is 2. The van der Waals surface area contributed by atoms with Crippen LogP contribution in [0, 0.1) is 0 Å². The number of benzene rings is 1. The Morgan fingerprint density at radius 1 is 1.13 bits per heavy atom. The van der Waals surface area contributed by atoms with Crippen LogP contribution >= 0.6 is 0 Å². The third kappa shape index (κ3) is 4.16. The SMILES string of the molecule is COc1cccc(C(=O)N(CCN(C)C)C2CCCC2)c1OC. The van der Waals surface area contributed by atoms with Gasteiger partial charge in [-0.25, -0.2) is 0 Å². The summed E-state index contributed by atoms with van der Waals surface area (Å²) in [5, 5.41) is 0. The summed E-state index contributed by atoms with van der Waals surface area (Å²) in [5.74, 6) is 1.15. The summed E-state index contributed by atoms with van der Waals surface area (Å²) in [6.45, 7) is 1.59. The summed E-state index contributed by atoms with van der Waals surface area (Å²) in [7, 11) is 7.23. The monoisotopic (exact) mass is 320 g/mol. The minimum absolute atomic E-state index is 0.0366. The fraction of sp³-hybridized carbons (Fsp3) is 0.611. The van der Waals surface area contributed by atoms with Crippen LogP contribution < -0.4 is 9.47 Å². The summed E-state index contributed by atoms with van der Waals surface area (Å²) in [6, 6.07) is 5.81. The Hall–Kier alpha value is -1.75. The first-order valence-corrected chi connectivity index (χ1v) is 8.25. The highest BCUT2D eigenvalue weighted by molar-refractivity contribution is 5.98. The number of hydrogen-bond acceptors (Lipinski definition) is 4. The van der Waals surface area contributed by atoms with E-state index in [1.54, 1.807) is 14.2 Å². The number of rotatable bonds is 7. The van der Waals surface area contributed by atoms with Gasteiger partial charge in [0.15, 0.2) is 11.5 Å². The predicted molar refractivity (Wildman–Crippen MR) is 91.4 cm³/mol. The largest absolute Gasteiger partial charge is 0.493 e. The van der Waals surface area contributed by atoms with E-state index in [2.05, 4.69) is 4.90 Å². The van der Waals surface area contributed by atoms with Crippen molar-refractivity contribution in [2.75, 3.05) is 41.4 Å². The lowest BCUT2D eigenvalue weighted by Gasteiger charge is -2.31. The van der Waals surface area contributed by atoms with Gasteiger partial charge in [0.25, 0.3) is 5.91 Å². The van der Waals surface area contributed by atoms with Crippen molar-refractivity contribution < 1.29 is 14.3 Å².